The van der Waals surface area contributed by atoms with E-state index < -0.39 is 0 Å². The van der Waals surface area contributed by atoms with Crippen LogP contribution in [-0.2, 0) is 20.1 Å². The summed E-state index contributed by atoms with van der Waals surface area (Å²) in [5.41, 5.74) is 2.03. The second-order valence-electron chi connectivity index (χ2n) is 6.28. The van der Waals surface area contributed by atoms with E-state index in [-0.39, 0.29) is 20.1 Å². The summed E-state index contributed by atoms with van der Waals surface area (Å²) >= 11 is 0. The van der Waals surface area contributed by atoms with E-state index in [9.17, 15) is 0 Å². The summed E-state index contributed by atoms with van der Waals surface area (Å²) in [4.78, 5) is 16.6. The molecule has 0 atom stereocenters. The van der Waals surface area contributed by atoms with E-state index in [4.69, 9.17) is 0 Å². The predicted octanol–water partition coefficient (Wildman–Crippen LogP) is 3.81. The summed E-state index contributed by atoms with van der Waals surface area (Å²) in [5.74, 6) is 1.70. The van der Waals surface area contributed by atoms with Crippen molar-refractivity contribution >= 4 is 23.0 Å². The van der Waals surface area contributed by atoms with Crippen LogP contribution in [0, 0.1) is 25.5 Å². The van der Waals surface area contributed by atoms with Gasteiger partial charge in [0.15, 0.2) is 0 Å². The molecule has 6 nitrogen and oxygen atoms in total. The summed E-state index contributed by atoms with van der Waals surface area (Å²) in [5, 5.41) is 0. The van der Waals surface area contributed by atoms with Gasteiger partial charge in [0.05, 0.1) is 0 Å². The Labute approximate surface area is 185 Å². The van der Waals surface area contributed by atoms with Crippen LogP contribution in [-0.4, -0.2) is 29.0 Å². The van der Waals surface area contributed by atoms with Crippen LogP contribution < -0.4 is 14.7 Å². The topological polar surface area (TPSA) is 38.7 Å². The second-order valence-corrected chi connectivity index (χ2v) is 6.28. The SMILES string of the molecule is CN1C=CN(c2[c-]cccc2)[CH-]1.CN1[CH-]N(c2[c-]cccc2)c2nccnc21.[Ir]. The summed E-state index contributed by atoms with van der Waals surface area (Å²) in [6.07, 6.45) is 7.40. The molecule has 0 bridgehead atoms. The minimum absolute atomic E-state index is 0. The quantitative estimate of drug-likeness (QED) is 0.444. The molecule has 3 heterocycles. The summed E-state index contributed by atoms with van der Waals surface area (Å²) < 4.78 is 0. The molecular weight excluding hydrogens is 541 g/mol. The standard InChI is InChI=1S/C12H10N4.C10H10N2.Ir/c1-15-9-16(10-5-3-2-4-6-10)12-11(15)13-7-8-14-12;1-11-7-8-12(9-11)10-5-3-2-4-6-10;/h2-5,7-9H,1H3;2-5,7-9H,1H3;/q2*-2;. The summed E-state index contributed by atoms with van der Waals surface area (Å²) in [6.45, 7) is 3.96. The van der Waals surface area contributed by atoms with Crippen molar-refractivity contribution in [3.8, 4) is 0 Å². The Kier molecular flexibility index (Phi) is 6.86. The van der Waals surface area contributed by atoms with Crippen LogP contribution in [0.25, 0.3) is 0 Å². The largest absolute Gasteiger partial charge is 0.510 e. The first-order valence-electron chi connectivity index (χ1n) is 8.87. The molecule has 0 saturated heterocycles. The van der Waals surface area contributed by atoms with Crippen molar-refractivity contribution in [1.82, 2.24) is 14.9 Å². The smallest absolute Gasteiger partial charge is 0.143 e. The average molecular weight is 561 g/mol. The van der Waals surface area contributed by atoms with Crippen molar-refractivity contribution in [1.29, 1.82) is 0 Å². The number of benzene rings is 2. The van der Waals surface area contributed by atoms with Gasteiger partial charge in [-0.1, -0.05) is 0 Å². The minimum Gasteiger partial charge on any atom is -0.510 e. The Balaban J connectivity index is 0.000000167. The van der Waals surface area contributed by atoms with Crippen molar-refractivity contribution in [2.45, 2.75) is 0 Å². The molecule has 0 N–H and O–H groups in total. The molecule has 0 aliphatic carbocycles. The number of para-hydroxylation sites is 2. The molecule has 2 aliphatic rings. The number of hydrogen-bond donors (Lipinski definition) is 0. The molecule has 5 rings (SSSR count). The van der Waals surface area contributed by atoms with Crippen molar-refractivity contribution in [3.05, 3.63) is 98.8 Å². The van der Waals surface area contributed by atoms with Crippen molar-refractivity contribution in [3.63, 3.8) is 0 Å². The number of nitrogens with zero attached hydrogens (tertiary/aromatic N) is 6. The van der Waals surface area contributed by atoms with Crippen LogP contribution in [0.4, 0.5) is 23.0 Å². The molecule has 0 spiro atoms. The van der Waals surface area contributed by atoms with Gasteiger partial charge in [-0.25, -0.2) is 9.97 Å². The monoisotopic (exact) mass is 561 g/mol. The van der Waals surface area contributed by atoms with Gasteiger partial charge in [0, 0.05) is 32.5 Å². The molecule has 0 unspecified atom stereocenters. The van der Waals surface area contributed by atoms with E-state index in [0.717, 1.165) is 23.0 Å². The van der Waals surface area contributed by atoms with Crippen LogP contribution >= 0.6 is 0 Å². The Hall–Kier alpha value is -2.89. The van der Waals surface area contributed by atoms with Gasteiger partial charge in [-0.05, 0) is 26.5 Å². The van der Waals surface area contributed by atoms with Gasteiger partial charge in [0.2, 0.25) is 0 Å². The number of hydrogen-bond acceptors (Lipinski definition) is 6. The molecule has 2 aromatic carbocycles. The predicted molar refractivity (Wildman–Crippen MR) is 111 cm³/mol. The first-order valence-corrected chi connectivity index (χ1v) is 8.87. The third-order valence-electron chi connectivity index (χ3n) is 4.20. The molecule has 0 saturated carbocycles. The fourth-order valence-corrected chi connectivity index (χ4v) is 2.87. The van der Waals surface area contributed by atoms with E-state index in [1.54, 1.807) is 12.4 Å². The van der Waals surface area contributed by atoms with Gasteiger partial charge in [0.25, 0.3) is 0 Å². The van der Waals surface area contributed by atoms with Crippen molar-refractivity contribution in [2.24, 2.45) is 0 Å². The normalized spacial score (nSPS) is 14.3. The molecule has 7 heteroatoms. The van der Waals surface area contributed by atoms with Gasteiger partial charge in [0.1, 0.15) is 11.6 Å². The van der Waals surface area contributed by atoms with E-state index in [0.29, 0.717) is 0 Å². The maximum absolute atomic E-state index is 4.34. The van der Waals surface area contributed by atoms with Gasteiger partial charge >= 0.3 is 0 Å². The molecular formula is C22H20IrN6-4. The summed E-state index contributed by atoms with van der Waals surface area (Å²) in [6, 6.07) is 22.0. The van der Waals surface area contributed by atoms with E-state index in [1.165, 1.54) is 0 Å². The van der Waals surface area contributed by atoms with Gasteiger partial charge in [-0.15, -0.1) is 18.0 Å². The van der Waals surface area contributed by atoms with Gasteiger partial charge in [-0.2, -0.15) is 67.3 Å². The minimum atomic E-state index is 0. The van der Waals surface area contributed by atoms with Crippen LogP contribution in [0.1, 0.15) is 0 Å². The number of rotatable bonds is 2. The van der Waals surface area contributed by atoms with Crippen molar-refractivity contribution < 1.29 is 20.1 Å². The molecule has 1 radical (unpaired) electrons. The van der Waals surface area contributed by atoms with Crippen LogP contribution in [0.5, 0.6) is 0 Å². The number of anilines is 4. The maximum atomic E-state index is 4.34. The molecule has 3 aromatic rings. The van der Waals surface area contributed by atoms with Gasteiger partial charge < -0.3 is 19.6 Å². The average Bonchev–Trinajstić information content (AvgIpc) is 3.34. The number of aromatic nitrogens is 2. The molecule has 29 heavy (non-hydrogen) atoms. The van der Waals surface area contributed by atoms with Gasteiger partial charge in [-0.3, -0.25) is 0 Å². The Morgan fingerprint density at radius 2 is 1.45 bits per heavy atom. The zero-order chi connectivity index (χ0) is 19.3. The van der Waals surface area contributed by atoms with E-state index >= 15 is 0 Å². The maximum Gasteiger partial charge on any atom is 0.143 e. The van der Waals surface area contributed by atoms with Crippen molar-refractivity contribution in [2.75, 3.05) is 28.8 Å². The molecule has 2 aliphatic heterocycles. The zero-order valence-corrected chi connectivity index (χ0v) is 18.5. The van der Waals surface area contributed by atoms with E-state index in [2.05, 4.69) is 22.1 Å². The third-order valence-corrected chi connectivity index (χ3v) is 4.20. The second kappa shape index (κ2) is 9.54. The van der Waals surface area contributed by atoms with Crippen LogP contribution in [0.3, 0.4) is 0 Å². The Bertz CT molecular complexity index is 934. The zero-order valence-electron chi connectivity index (χ0n) is 16.1. The molecule has 1 aromatic heterocycles. The Morgan fingerprint density at radius 3 is 2.03 bits per heavy atom. The number of fused-ring (bicyclic) bond motifs is 1. The van der Waals surface area contributed by atoms with E-state index in [1.807, 2.05) is 108 Å². The first kappa shape index (κ1) is 20.8. The molecule has 0 fully saturated rings. The fourth-order valence-electron chi connectivity index (χ4n) is 2.87. The molecule has 0 amide bonds. The van der Waals surface area contributed by atoms with Crippen LogP contribution in [0.2, 0.25) is 0 Å². The fraction of sp³-hybridized carbons (Fsp3) is 0.0909. The Morgan fingerprint density at radius 1 is 0.793 bits per heavy atom. The molecule has 151 valence electrons. The third kappa shape index (κ3) is 4.75. The van der Waals surface area contributed by atoms with Crippen LogP contribution in [0.15, 0.2) is 73.3 Å². The summed E-state index contributed by atoms with van der Waals surface area (Å²) in [7, 11) is 3.95. The first-order chi connectivity index (χ1) is 13.7.